The van der Waals surface area contributed by atoms with Crippen molar-refractivity contribution in [2.45, 2.75) is 51.0 Å². The van der Waals surface area contributed by atoms with Crippen LogP contribution in [0.15, 0.2) is 0 Å². The summed E-state index contributed by atoms with van der Waals surface area (Å²) in [6.45, 7) is 1.17. The van der Waals surface area contributed by atoms with Crippen LogP contribution >= 0.6 is 0 Å². The van der Waals surface area contributed by atoms with Crippen LogP contribution in [0.1, 0.15) is 44.9 Å². The van der Waals surface area contributed by atoms with Gasteiger partial charge in [-0.15, -0.1) is 0 Å². The molecule has 2 aliphatic carbocycles. The van der Waals surface area contributed by atoms with Gasteiger partial charge in [0, 0.05) is 18.4 Å². The number of carbonyl (C=O) groups excluding carboxylic acids is 1. The molecular formula is C13H21NO. The first-order chi connectivity index (χ1) is 7.34. The maximum Gasteiger partial charge on any atom is 0.137 e. The fourth-order valence-corrected chi connectivity index (χ4v) is 3.64. The van der Waals surface area contributed by atoms with Gasteiger partial charge in [-0.2, -0.15) is 0 Å². The quantitative estimate of drug-likeness (QED) is 0.768. The average molecular weight is 207 g/mol. The molecule has 0 aromatic rings. The number of carbonyl (C=O) groups is 1. The molecule has 3 atom stereocenters. The van der Waals surface area contributed by atoms with Crippen LogP contribution in [0.3, 0.4) is 0 Å². The molecule has 0 aromatic carbocycles. The second-order valence-electron chi connectivity index (χ2n) is 5.67. The summed E-state index contributed by atoms with van der Waals surface area (Å²) < 4.78 is 0. The monoisotopic (exact) mass is 207 g/mol. The molecule has 3 fully saturated rings. The average Bonchev–Trinajstić information content (AvgIpc) is 2.66. The Hall–Kier alpha value is -0.370. The Morgan fingerprint density at radius 2 is 1.93 bits per heavy atom. The third-order valence-electron chi connectivity index (χ3n) is 4.86. The lowest BCUT2D eigenvalue weighted by Gasteiger charge is -2.26. The molecule has 2 heteroatoms. The molecule has 2 nitrogen and oxygen atoms in total. The summed E-state index contributed by atoms with van der Waals surface area (Å²) >= 11 is 0. The van der Waals surface area contributed by atoms with E-state index in [4.69, 9.17) is 0 Å². The van der Waals surface area contributed by atoms with Gasteiger partial charge >= 0.3 is 0 Å². The van der Waals surface area contributed by atoms with Crippen LogP contribution < -0.4 is 5.32 Å². The van der Waals surface area contributed by atoms with Crippen molar-refractivity contribution in [2.24, 2.45) is 17.8 Å². The molecule has 0 spiro atoms. The maximum absolute atomic E-state index is 11.9. The normalized spacial score (nSPS) is 40.1. The van der Waals surface area contributed by atoms with E-state index in [9.17, 15) is 4.79 Å². The predicted molar refractivity (Wildman–Crippen MR) is 59.6 cm³/mol. The summed E-state index contributed by atoms with van der Waals surface area (Å²) in [6.07, 6.45) is 8.59. The van der Waals surface area contributed by atoms with Crippen molar-refractivity contribution in [3.63, 3.8) is 0 Å². The third kappa shape index (κ3) is 1.73. The molecule has 2 saturated carbocycles. The number of Topliss-reactive ketones (excluding diaryl/α,β-unsaturated/α-hetero) is 1. The minimum Gasteiger partial charge on any atom is -0.313 e. The zero-order chi connectivity index (χ0) is 10.3. The zero-order valence-corrected chi connectivity index (χ0v) is 9.37. The Morgan fingerprint density at radius 3 is 2.67 bits per heavy atom. The molecule has 3 unspecified atom stereocenters. The van der Waals surface area contributed by atoms with E-state index in [2.05, 4.69) is 5.32 Å². The molecule has 84 valence electrons. The Labute approximate surface area is 91.8 Å². The second kappa shape index (κ2) is 3.89. The topological polar surface area (TPSA) is 29.1 Å². The number of hydrogen-bond donors (Lipinski definition) is 1. The molecule has 0 radical (unpaired) electrons. The molecule has 3 rings (SSSR count). The van der Waals surface area contributed by atoms with Crippen LogP contribution in [0.5, 0.6) is 0 Å². The fourth-order valence-electron chi connectivity index (χ4n) is 3.64. The first-order valence-corrected chi connectivity index (χ1v) is 6.60. The van der Waals surface area contributed by atoms with Crippen molar-refractivity contribution in [3.05, 3.63) is 0 Å². The van der Waals surface area contributed by atoms with Crippen LogP contribution in [0.4, 0.5) is 0 Å². The van der Waals surface area contributed by atoms with E-state index in [-0.39, 0.29) is 0 Å². The lowest BCUT2D eigenvalue weighted by Crippen LogP contribution is -2.33. The summed E-state index contributed by atoms with van der Waals surface area (Å²) in [7, 11) is 0. The Morgan fingerprint density at radius 1 is 1.13 bits per heavy atom. The van der Waals surface area contributed by atoms with Crippen molar-refractivity contribution >= 4 is 5.78 Å². The number of fused-ring (bicyclic) bond motifs is 1. The van der Waals surface area contributed by atoms with Crippen LogP contribution in [-0.4, -0.2) is 18.4 Å². The lowest BCUT2D eigenvalue weighted by atomic mass is 9.79. The molecule has 0 bridgehead atoms. The van der Waals surface area contributed by atoms with Gasteiger partial charge in [0.2, 0.25) is 0 Å². The van der Waals surface area contributed by atoms with Crippen LogP contribution in [0.25, 0.3) is 0 Å². The van der Waals surface area contributed by atoms with E-state index in [1.165, 1.54) is 45.1 Å². The summed E-state index contributed by atoms with van der Waals surface area (Å²) in [5.74, 6) is 2.71. The molecular weight excluding hydrogens is 186 g/mol. The minimum absolute atomic E-state index is 0.437. The Kier molecular flexibility index (Phi) is 2.55. The van der Waals surface area contributed by atoms with Crippen molar-refractivity contribution in [3.8, 4) is 0 Å². The van der Waals surface area contributed by atoms with Crippen LogP contribution in [-0.2, 0) is 4.79 Å². The molecule has 15 heavy (non-hydrogen) atoms. The van der Waals surface area contributed by atoms with E-state index >= 15 is 0 Å². The van der Waals surface area contributed by atoms with Crippen LogP contribution in [0.2, 0.25) is 0 Å². The minimum atomic E-state index is 0.437. The SMILES string of the molecule is O=C(CC1NCC2CCCC21)C1CCC1. The molecule has 1 saturated heterocycles. The molecule has 3 aliphatic rings. The lowest BCUT2D eigenvalue weighted by molar-refractivity contribution is -0.125. The summed E-state index contributed by atoms with van der Waals surface area (Å²) in [4.78, 5) is 11.9. The number of hydrogen-bond acceptors (Lipinski definition) is 2. The van der Waals surface area contributed by atoms with E-state index < -0.39 is 0 Å². The van der Waals surface area contributed by atoms with Gasteiger partial charge in [-0.3, -0.25) is 4.79 Å². The molecule has 1 aliphatic heterocycles. The van der Waals surface area contributed by atoms with Crippen molar-refractivity contribution in [2.75, 3.05) is 6.54 Å². The predicted octanol–water partition coefficient (Wildman–Crippen LogP) is 2.13. The van der Waals surface area contributed by atoms with Gasteiger partial charge in [0.15, 0.2) is 0 Å². The zero-order valence-electron chi connectivity index (χ0n) is 9.37. The van der Waals surface area contributed by atoms with Gasteiger partial charge in [-0.1, -0.05) is 12.8 Å². The molecule has 0 amide bonds. The smallest absolute Gasteiger partial charge is 0.137 e. The molecule has 1 N–H and O–H groups in total. The maximum atomic E-state index is 11.9. The first-order valence-electron chi connectivity index (χ1n) is 6.60. The highest BCUT2D eigenvalue weighted by Crippen LogP contribution is 2.39. The summed E-state index contributed by atoms with van der Waals surface area (Å²) in [5.41, 5.74) is 0. The van der Waals surface area contributed by atoms with E-state index in [1.54, 1.807) is 0 Å². The van der Waals surface area contributed by atoms with Gasteiger partial charge in [0.1, 0.15) is 5.78 Å². The first kappa shape index (κ1) is 9.83. The number of nitrogens with one attached hydrogen (secondary N) is 1. The van der Waals surface area contributed by atoms with Gasteiger partial charge in [0.25, 0.3) is 0 Å². The van der Waals surface area contributed by atoms with E-state index in [0.717, 1.165) is 18.3 Å². The highest BCUT2D eigenvalue weighted by Gasteiger charge is 2.40. The molecule has 1 heterocycles. The molecule has 0 aromatic heterocycles. The van der Waals surface area contributed by atoms with Crippen molar-refractivity contribution < 1.29 is 4.79 Å². The van der Waals surface area contributed by atoms with E-state index in [0.29, 0.717) is 17.7 Å². The number of rotatable bonds is 3. The highest BCUT2D eigenvalue weighted by molar-refractivity contribution is 5.82. The summed E-state index contributed by atoms with van der Waals surface area (Å²) in [5, 5.41) is 3.57. The fraction of sp³-hybridized carbons (Fsp3) is 0.923. The largest absolute Gasteiger partial charge is 0.313 e. The Bertz CT molecular complexity index is 259. The van der Waals surface area contributed by atoms with Gasteiger partial charge < -0.3 is 5.32 Å². The van der Waals surface area contributed by atoms with Crippen molar-refractivity contribution in [1.29, 1.82) is 0 Å². The highest BCUT2D eigenvalue weighted by atomic mass is 16.1. The van der Waals surface area contributed by atoms with E-state index in [1.807, 2.05) is 0 Å². The third-order valence-corrected chi connectivity index (χ3v) is 4.86. The number of ketones is 1. The summed E-state index contributed by atoms with van der Waals surface area (Å²) in [6, 6.07) is 0.533. The van der Waals surface area contributed by atoms with Crippen molar-refractivity contribution in [1.82, 2.24) is 5.32 Å². The van der Waals surface area contributed by atoms with Gasteiger partial charge in [-0.25, -0.2) is 0 Å². The van der Waals surface area contributed by atoms with Gasteiger partial charge in [0.05, 0.1) is 0 Å². The Balaban J connectivity index is 1.56. The van der Waals surface area contributed by atoms with Crippen LogP contribution in [0, 0.1) is 17.8 Å². The standard InChI is InChI=1S/C13H21NO/c15-13(9-3-1-4-9)7-12-11-6-2-5-10(11)8-14-12/h9-12,14H,1-8H2. The van der Waals surface area contributed by atoms with Gasteiger partial charge in [-0.05, 0) is 44.1 Å². The second-order valence-corrected chi connectivity index (χ2v) is 5.67.